The van der Waals surface area contributed by atoms with Crippen molar-refractivity contribution < 1.29 is 0 Å². The van der Waals surface area contributed by atoms with Crippen LogP contribution in [0.25, 0.3) is 5.70 Å². The van der Waals surface area contributed by atoms with E-state index in [0.29, 0.717) is 0 Å². The molecular formula is C19H25N3. The average Bonchev–Trinajstić information content (AvgIpc) is 3.03. The standard InChI is InChI=1S/C19H25N3/c1-21(2)19(16-10-4-3-5-11-16)17-12-6-7-13-18(17)20-22-14-8-9-15-22/h3-5,7,10-11,13H,6,8-9,12,14-15H2,1-2H3. The zero-order valence-electron chi connectivity index (χ0n) is 13.6. The van der Waals surface area contributed by atoms with E-state index in [1.54, 1.807) is 0 Å². The van der Waals surface area contributed by atoms with Gasteiger partial charge in [0.25, 0.3) is 0 Å². The number of allylic oxidation sites excluding steroid dienone is 3. The van der Waals surface area contributed by atoms with Crippen molar-refractivity contribution >= 4 is 11.4 Å². The van der Waals surface area contributed by atoms with Crippen molar-refractivity contribution in [1.82, 2.24) is 9.91 Å². The Labute approximate surface area is 133 Å². The van der Waals surface area contributed by atoms with Gasteiger partial charge in [-0.1, -0.05) is 36.4 Å². The van der Waals surface area contributed by atoms with E-state index >= 15 is 0 Å². The third-order valence-corrected chi connectivity index (χ3v) is 4.26. The number of nitrogens with zero attached hydrogens (tertiary/aromatic N) is 3. The van der Waals surface area contributed by atoms with Crippen molar-refractivity contribution in [3.63, 3.8) is 0 Å². The van der Waals surface area contributed by atoms with E-state index < -0.39 is 0 Å². The first kappa shape index (κ1) is 14.9. The smallest absolute Gasteiger partial charge is 0.0881 e. The first-order valence-corrected chi connectivity index (χ1v) is 8.22. The molecule has 116 valence electrons. The highest BCUT2D eigenvalue weighted by Crippen LogP contribution is 2.28. The topological polar surface area (TPSA) is 18.8 Å². The fraction of sp³-hybridized carbons (Fsp3) is 0.421. The molecule has 0 unspecified atom stereocenters. The van der Waals surface area contributed by atoms with E-state index in [1.165, 1.54) is 29.7 Å². The molecule has 0 spiro atoms. The van der Waals surface area contributed by atoms with E-state index in [4.69, 9.17) is 5.10 Å². The van der Waals surface area contributed by atoms with Gasteiger partial charge in [-0.3, -0.25) is 5.01 Å². The van der Waals surface area contributed by atoms with Crippen molar-refractivity contribution in [3.05, 3.63) is 53.6 Å². The highest BCUT2D eigenvalue weighted by molar-refractivity contribution is 6.13. The number of benzene rings is 1. The van der Waals surface area contributed by atoms with Gasteiger partial charge < -0.3 is 4.90 Å². The van der Waals surface area contributed by atoms with Crippen molar-refractivity contribution in [2.75, 3.05) is 27.2 Å². The molecule has 0 atom stereocenters. The zero-order chi connectivity index (χ0) is 15.4. The van der Waals surface area contributed by atoms with Gasteiger partial charge in [-0.05, 0) is 37.3 Å². The van der Waals surface area contributed by atoms with Crippen LogP contribution < -0.4 is 0 Å². The summed E-state index contributed by atoms with van der Waals surface area (Å²) in [7, 11) is 4.25. The monoisotopic (exact) mass is 295 g/mol. The molecule has 1 aliphatic heterocycles. The molecule has 0 bridgehead atoms. The van der Waals surface area contributed by atoms with Crippen LogP contribution >= 0.6 is 0 Å². The molecule has 0 N–H and O–H groups in total. The van der Waals surface area contributed by atoms with Gasteiger partial charge in [0.1, 0.15) is 0 Å². The van der Waals surface area contributed by atoms with Crippen molar-refractivity contribution in [2.45, 2.75) is 25.7 Å². The van der Waals surface area contributed by atoms with Crippen LogP contribution in [0.4, 0.5) is 0 Å². The maximum atomic E-state index is 4.92. The molecule has 3 nitrogen and oxygen atoms in total. The van der Waals surface area contributed by atoms with Gasteiger partial charge in [-0.2, -0.15) is 5.10 Å². The van der Waals surface area contributed by atoms with Crippen LogP contribution in [0.2, 0.25) is 0 Å². The fourth-order valence-corrected chi connectivity index (χ4v) is 3.24. The lowest BCUT2D eigenvalue weighted by Crippen LogP contribution is -2.21. The summed E-state index contributed by atoms with van der Waals surface area (Å²) in [6, 6.07) is 10.7. The summed E-state index contributed by atoms with van der Waals surface area (Å²) in [6.45, 7) is 2.18. The molecule has 1 fully saturated rings. The summed E-state index contributed by atoms with van der Waals surface area (Å²) in [5.41, 5.74) is 5.07. The quantitative estimate of drug-likeness (QED) is 0.845. The van der Waals surface area contributed by atoms with Gasteiger partial charge in [-0.25, -0.2) is 0 Å². The molecular weight excluding hydrogens is 270 g/mol. The van der Waals surface area contributed by atoms with Crippen LogP contribution in [0.1, 0.15) is 31.2 Å². The summed E-state index contributed by atoms with van der Waals surface area (Å²) >= 11 is 0. The number of hydrogen-bond donors (Lipinski definition) is 0. The lowest BCUT2D eigenvalue weighted by atomic mass is 9.93. The fourth-order valence-electron chi connectivity index (χ4n) is 3.24. The summed E-state index contributed by atoms with van der Waals surface area (Å²) < 4.78 is 0. The first-order valence-electron chi connectivity index (χ1n) is 8.22. The summed E-state index contributed by atoms with van der Waals surface area (Å²) in [4.78, 5) is 2.23. The Hall–Kier alpha value is -2.03. The molecule has 1 saturated heterocycles. The molecule has 1 aromatic rings. The van der Waals surface area contributed by atoms with Crippen LogP contribution in [0.15, 0.2) is 53.2 Å². The predicted molar refractivity (Wildman–Crippen MR) is 93.7 cm³/mol. The highest BCUT2D eigenvalue weighted by Gasteiger charge is 2.19. The maximum absolute atomic E-state index is 4.92. The lowest BCUT2D eigenvalue weighted by Gasteiger charge is -2.25. The minimum atomic E-state index is 1.06. The Morgan fingerprint density at radius 1 is 1.09 bits per heavy atom. The van der Waals surface area contributed by atoms with Crippen LogP contribution in [0.5, 0.6) is 0 Å². The van der Waals surface area contributed by atoms with Gasteiger partial charge in [-0.15, -0.1) is 0 Å². The summed E-state index contributed by atoms with van der Waals surface area (Å²) in [5, 5.41) is 7.15. The van der Waals surface area contributed by atoms with Crippen LogP contribution in [0, 0.1) is 0 Å². The van der Waals surface area contributed by atoms with Crippen LogP contribution in [-0.4, -0.2) is 42.8 Å². The molecule has 0 radical (unpaired) electrons. The van der Waals surface area contributed by atoms with Crippen molar-refractivity contribution in [2.24, 2.45) is 5.10 Å². The van der Waals surface area contributed by atoms with Gasteiger partial charge in [0.05, 0.1) is 5.71 Å². The Kier molecular flexibility index (Phi) is 4.62. The molecule has 0 amide bonds. The van der Waals surface area contributed by atoms with Gasteiger partial charge in [0.2, 0.25) is 0 Å². The molecule has 2 aliphatic rings. The molecule has 3 heteroatoms. The van der Waals surface area contributed by atoms with Gasteiger partial charge in [0, 0.05) is 38.5 Å². The second-order valence-corrected chi connectivity index (χ2v) is 6.17. The summed E-state index contributed by atoms with van der Waals surface area (Å²) in [5.74, 6) is 0. The maximum Gasteiger partial charge on any atom is 0.0881 e. The van der Waals surface area contributed by atoms with Crippen molar-refractivity contribution in [3.8, 4) is 0 Å². The molecule has 0 aromatic heterocycles. The van der Waals surface area contributed by atoms with Crippen molar-refractivity contribution in [1.29, 1.82) is 0 Å². The minimum absolute atomic E-state index is 1.06. The van der Waals surface area contributed by atoms with E-state index in [2.05, 4.69) is 66.5 Å². The zero-order valence-corrected chi connectivity index (χ0v) is 13.6. The Bertz CT molecular complexity index is 590. The molecule has 1 aliphatic carbocycles. The third kappa shape index (κ3) is 3.24. The van der Waals surface area contributed by atoms with Gasteiger partial charge >= 0.3 is 0 Å². The van der Waals surface area contributed by atoms with E-state index in [1.807, 2.05) is 0 Å². The third-order valence-electron chi connectivity index (χ3n) is 4.26. The Morgan fingerprint density at radius 2 is 1.82 bits per heavy atom. The van der Waals surface area contributed by atoms with Crippen LogP contribution in [0.3, 0.4) is 0 Å². The predicted octanol–water partition coefficient (Wildman–Crippen LogP) is 3.76. The second kappa shape index (κ2) is 6.82. The van der Waals surface area contributed by atoms with E-state index in [-0.39, 0.29) is 0 Å². The SMILES string of the molecule is CN(C)C(=C1CCC=CC1=NN1CCCC1)c1ccccc1. The van der Waals surface area contributed by atoms with Gasteiger partial charge in [0.15, 0.2) is 0 Å². The highest BCUT2D eigenvalue weighted by atomic mass is 15.5. The first-order chi connectivity index (χ1) is 10.8. The Morgan fingerprint density at radius 3 is 2.50 bits per heavy atom. The molecule has 22 heavy (non-hydrogen) atoms. The number of rotatable bonds is 3. The van der Waals surface area contributed by atoms with E-state index in [0.717, 1.165) is 31.6 Å². The minimum Gasteiger partial charge on any atom is -0.377 e. The largest absolute Gasteiger partial charge is 0.377 e. The van der Waals surface area contributed by atoms with E-state index in [9.17, 15) is 0 Å². The molecule has 3 rings (SSSR count). The molecule has 1 aromatic carbocycles. The number of hydrazone groups is 1. The average molecular weight is 295 g/mol. The Balaban J connectivity index is 2.04. The van der Waals surface area contributed by atoms with Crippen LogP contribution in [-0.2, 0) is 0 Å². The summed E-state index contributed by atoms with van der Waals surface area (Å²) in [6.07, 6.45) is 9.13. The normalized spacial score (nSPS) is 22.3. The molecule has 0 saturated carbocycles. The number of hydrogen-bond acceptors (Lipinski definition) is 3. The second-order valence-electron chi connectivity index (χ2n) is 6.17. The lowest BCUT2D eigenvalue weighted by molar-refractivity contribution is 0.360. The molecule has 1 heterocycles.